The highest BCUT2D eigenvalue weighted by Gasteiger charge is 2.55. The number of hydrogen-bond acceptors (Lipinski definition) is 4. The summed E-state index contributed by atoms with van der Waals surface area (Å²) in [7, 11) is 3.93. The van der Waals surface area contributed by atoms with Gasteiger partial charge in [-0.25, -0.2) is 4.79 Å². The van der Waals surface area contributed by atoms with Crippen molar-refractivity contribution >= 4 is 23.5 Å². The molecule has 1 aromatic carbocycles. The van der Waals surface area contributed by atoms with Crippen molar-refractivity contribution in [2.45, 2.75) is 44.7 Å². The SMILES string of the molecule is CC1CCCCC12NC(=O)N(CC(=O)NCc1ccc(N(C)C)cc1)C2=O. The van der Waals surface area contributed by atoms with Crippen molar-refractivity contribution in [3.8, 4) is 0 Å². The molecule has 2 N–H and O–H groups in total. The molecule has 7 heteroatoms. The lowest BCUT2D eigenvalue weighted by Crippen LogP contribution is -2.54. The van der Waals surface area contributed by atoms with Crippen molar-refractivity contribution in [1.29, 1.82) is 0 Å². The van der Waals surface area contributed by atoms with Gasteiger partial charge in [-0.1, -0.05) is 31.9 Å². The van der Waals surface area contributed by atoms with Crippen LogP contribution in [0.2, 0.25) is 0 Å². The standard InChI is InChI=1S/C20H28N4O3/c1-14-6-4-5-11-20(14)18(26)24(19(27)22-20)13-17(25)21-12-15-7-9-16(10-8-15)23(2)3/h7-10,14H,4-6,11-13H2,1-3H3,(H,21,25)(H,22,27). The number of imide groups is 1. The van der Waals surface area contributed by atoms with Crippen LogP contribution >= 0.6 is 0 Å². The molecule has 1 saturated carbocycles. The highest BCUT2D eigenvalue weighted by atomic mass is 16.2. The number of anilines is 1. The lowest BCUT2D eigenvalue weighted by Gasteiger charge is -2.36. The number of nitrogens with one attached hydrogen (secondary N) is 2. The van der Waals surface area contributed by atoms with E-state index in [0.29, 0.717) is 13.0 Å². The monoisotopic (exact) mass is 372 g/mol. The first kappa shape index (κ1) is 19.2. The Balaban J connectivity index is 1.57. The van der Waals surface area contributed by atoms with Crippen LogP contribution in [0.15, 0.2) is 24.3 Å². The molecule has 1 aliphatic heterocycles. The summed E-state index contributed by atoms with van der Waals surface area (Å²) in [6.07, 6.45) is 3.54. The zero-order valence-corrected chi connectivity index (χ0v) is 16.2. The summed E-state index contributed by atoms with van der Waals surface area (Å²) in [6, 6.07) is 7.39. The van der Waals surface area contributed by atoms with Gasteiger partial charge in [0, 0.05) is 26.3 Å². The predicted octanol–water partition coefficient (Wildman–Crippen LogP) is 1.87. The number of carbonyl (C=O) groups excluding carboxylic acids is 3. The molecule has 1 heterocycles. The number of rotatable bonds is 5. The molecule has 1 aromatic rings. The van der Waals surface area contributed by atoms with Gasteiger partial charge in [-0.15, -0.1) is 0 Å². The molecule has 1 spiro atoms. The van der Waals surface area contributed by atoms with E-state index in [0.717, 1.165) is 35.4 Å². The molecule has 146 valence electrons. The van der Waals surface area contributed by atoms with E-state index in [1.54, 1.807) is 0 Å². The third kappa shape index (κ3) is 3.77. The van der Waals surface area contributed by atoms with E-state index in [9.17, 15) is 14.4 Å². The summed E-state index contributed by atoms with van der Waals surface area (Å²) in [5, 5.41) is 5.66. The Hall–Kier alpha value is -2.57. The molecule has 1 aliphatic carbocycles. The molecular formula is C20H28N4O3. The number of amides is 4. The molecule has 3 rings (SSSR count). The van der Waals surface area contributed by atoms with Crippen LogP contribution in [0.25, 0.3) is 0 Å². The van der Waals surface area contributed by atoms with Gasteiger partial charge < -0.3 is 15.5 Å². The predicted molar refractivity (Wildman–Crippen MR) is 103 cm³/mol. The number of nitrogens with zero attached hydrogens (tertiary/aromatic N) is 2. The minimum atomic E-state index is -0.822. The average molecular weight is 372 g/mol. The Morgan fingerprint density at radius 3 is 2.59 bits per heavy atom. The molecule has 2 fully saturated rings. The summed E-state index contributed by atoms with van der Waals surface area (Å²) < 4.78 is 0. The van der Waals surface area contributed by atoms with Gasteiger partial charge in [-0.05, 0) is 36.5 Å². The van der Waals surface area contributed by atoms with Gasteiger partial charge in [0.25, 0.3) is 5.91 Å². The Labute approximate surface area is 160 Å². The lowest BCUT2D eigenvalue weighted by atomic mass is 9.73. The van der Waals surface area contributed by atoms with Crippen molar-refractivity contribution in [3.05, 3.63) is 29.8 Å². The number of hydrogen-bond donors (Lipinski definition) is 2. The van der Waals surface area contributed by atoms with E-state index < -0.39 is 11.6 Å². The quantitative estimate of drug-likeness (QED) is 0.773. The Bertz CT molecular complexity index is 731. The van der Waals surface area contributed by atoms with E-state index >= 15 is 0 Å². The van der Waals surface area contributed by atoms with E-state index in [2.05, 4.69) is 10.6 Å². The zero-order valence-electron chi connectivity index (χ0n) is 16.2. The van der Waals surface area contributed by atoms with Crippen LogP contribution in [0.5, 0.6) is 0 Å². The zero-order chi connectivity index (χ0) is 19.6. The molecule has 7 nitrogen and oxygen atoms in total. The third-order valence-electron chi connectivity index (χ3n) is 5.75. The lowest BCUT2D eigenvalue weighted by molar-refractivity contribution is -0.137. The molecule has 0 aromatic heterocycles. The number of urea groups is 1. The van der Waals surface area contributed by atoms with Crippen LogP contribution in [-0.2, 0) is 16.1 Å². The van der Waals surface area contributed by atoms with E-state index in [1.165, 1.54) is 0 Å². The second-order valence-electron chi connectivity index (χ2n) is 7.78. The molecule has 0 bridgehead atoms. The average Bonchev–Trinajstić information content (AvgIpc) is 2.88. The van der Waals surface area contributed by atoms with Gasteiger partial charge >= 0.3 is 6.03 Å². The Morgan fingerprint density at radius 2 is 1.96 bits per heavy atom. The van der Waals surface area contributed by atoms with Gasteiger partial charge in [0.1, 0.15) is 12.1 Å². The smallest absolute Gasteiger partial charge is 0.325 e. The fraction of sp³-hybridized carbons (Fsp3) is 0.550. The summed E-state index contributed by atoms with van der Waals surface area (Å²) in [5.41, 5.74) is 1.22. The number of carbonyl (C=O) groups is 3. The van der Waals surface area contributed by atoms with Crippen LogP contribution in [0.4, 0.5) is 10.5 Å². The highest BCUT2D eigenvalue weighted by Crippen LogP contribution is 2.38. The van der Waals surface area contributed by atoms with Gasteiger partial charge in [0.05, 0.1) is 0 Å². The minimum Gasteiger partial charge on any atom is -0.378 e. The second-order valence-corrected chi connectivity index (χ2v) is 7.78. The van der Waals surface area contributed by atoms with Crippen LogP contribution in [0, 0.1) is 5.92 Å². The topological polar surface area (TPSA) is 81.8 Å². The van der Waals surface area contributed by atoms with Gasteiger partial charge in [-0.3, -0.25) is 14.5 Å². The summed E-state index contributed by atoms with van der Waals surface area (Å²) >= 11 is 0. The van der Waals surface area contributed by atoms with Gasteiger partial charge in [-0.2, -0.15) is 0 Å². The Kier molecular flexibility index (Phi) is 5.39. The van der Waals surface area contributed by atoms with Gasteiger partial charge in [0.2, 0.25) is 5.91 Å². The van der Waals surface area contributed by atoms with Crippen LogP contribution in [-0.4, -0.2) is 48.9 Å². The molecule has 4 amide bonds. The fourth-order valence-corrected chi connectivity index (χ4v) is 3.95. The second kappa shape index (κ2) is 7.58. The first-order chi connectivity index (χ1) is 12.8. The summed E-state index contributed by atoms with van der Waals surface area (Å²) in [4.78, 5) is 40.6. The highest BCUT2D eigenvalue weighted by molar-refractivity contribution is 6.09. The molecule has 27 heavy (non-hydrogen) atoms. The first-order valence-electron chi connectivity index (χ1n) is 9.50. The van der Waals surface area contributed by atoms with Crippen LogP contribution < -0.4 is 15.5 Å². The summed E-state index contributed by atoms with van der Waals surface area (Å²) in [5.74, 6) is -0.508. The molecule has 0 radical (unpaired) electrons. The third-order valence-corrected chi connectivity index (χ3v) is 5.75. The summed E-state index contributed by atoms with van der Waals surface area (Å²) in [6.45, 7) is 2.12. The molecular weight excluding hydrogens is 344 g/mol. The van der Waals surface area contributed by atoms with E-state index in [1.807, 2.05) is 50.2 Å². The largest absolute Gasteiger partial charge is 0.378 e. The molecule has 1 saturated heterocycles. The van der Waals surface area contributed by atoms with Crippen molar-refractivity contribution in [1.82, 2.24) is 15.5 Å². The maximum Gasteiger partial charge on any atom is 0.325 e. The fourth-order valence-electron chi connectivity index (χ4n) is 3.95. The maximum absolute atomic E-state index is 12.9. The normalized spacial score (nSPS) is 24.9. The molecule has 2 atom stereocenters. The van der Waals surface area contributed by atoms with Gasteiger partial charge in [0.15, 0.2) is 0 Å². The van der Waals surface area contributed by atoms with E-state index in [4.69, 9.17) is 0 Å². The molecule has 2 aliphatic rings. The number of benzene rings is 1. The maximum atomic E-state index is 12.9. The van der Waals surface area contributed by atoms with E-state index in [-0.39, 0.29) is 24.3 Å². The van der Waals surface area contributed by atoms with Crippen molar-refractivity contribution < 1.29 is 14.4 Å². The minimum absolute atomic E-state index is 0.0889. The molecule has 2 unspecified atom stereocenters. The van der Waals surface area contributed by atoms with Crippen molar-refractivity contribution in [2.75, 3.05) is 25.5 Å². The Morgan fingerprint density at radius 1 is 1.26 bits per heavy atom. The first-order valence-corrected chi connectivity index (χ1v) is 9.50. The van der Waals surface area contributed by atoms with Crippen LogP contribution in [0.1, 0.15) is 38.2 Å². The van der Waals surface area contributed by atoms with Crippen molar-refractivity contribution in [2.24, 2.45) is 5.92 Å². The van der Waals surface area contributed by atoms with Crippen LogP contribution in [0.3, 0.4) is 0 Å². The van der Waals surface area contributed by atoms with Crippen molar-refractivity contribution in [3.63, 3.8) is 0 Å².